The van der Waals surface area contributed by atoms with Crippen LogP contribution in [0.5, 0.6) is 0 Å². The minimum Gasteiger partial charge on any atom is -0.338 e. The summed E-state index contributed by atoms with van der Waals surface area (Å²) >= 11 is 0. The molecule has 0 aliphatic carbocycles. The molecule has 2 aromatic carbocycles. The maximum absolute atomic E-state index is 14.1. The number of aryl methyl sites for hydroxylation is 2. The third kappa shape index (κ3) is 2.67. The topological polar surface area (TPSA) is 29.9 Å². The SMILES string of the molecule is Cc1nn(C)c(Nc2ccccc2F)c1-c1c(F)cccc1F. The van der Waals surface area contributed by atoms with Gasteiger partial charge in [-0.2, -0.15) is 5.10 Å². The van der Waals surface area contributed by atoms with Crippen LogP contribution in [0.15, 0.2) is 42.5 Å². The fourth-order valence-electron chi connectivity index (χ4n) is 2.53. The summed E-state index contributed by atoms with van der Waals surface area (Å²) in [5.41, 5.74) is 0.729. The first kappa shape index (κ1) is 15.1. The van der Waals surface area contributed by atoms with Gasteiger partial charge in [0.2, 0.25) is 0 Å². The van der Waals surface area contributed by atoms with Crippen LogP contribution in [0.1, 0.15) is 5.69 Å². The minimum atomic E-state index is -0.697. The summed E-state index contributed by atoms with van der Waals surface area (Å²) in [6, 6.07) is 9.72. The van der Waals surface area contributed by atoms with Crippen molar-refractivity contribution in [2.75, 3.05) is 5.32 Å². The number of rotatable bonds is 3. The van der Waals surface area contributed by atoms with Crippen LogP contribution in [0.3, 0.4) is 0 Å². The van der Waals surface area contributed by atoms with Crippen LogP contribution in [-0.4, -0.2) is 9.78 Å². The predicted molar refractivity (Wildman–Crippen MR) is 83.0 cm³/mol. The van der Waals surface area contributed by atoms with Crippen LogP contribution in [0.2, 0.25) is 0 Å². The Kier molecular flexibility index (Phi) is 3.82. The lowest BCUT2D eigenvalue weighted by atomic mass is 10.0. The zero-order valence-corrected chi connectivity index (χ0v) is 12.6. The molecule has 118 valence electrons. The van der Waals surface area contributed by atoms with Gasteiger partial charge >= 0.3 is 0 Å². The summed E-state index contributed by atoms with van der Waals surface area (Å²) in [6.45, 7) is 1.65. The molecule has 1 N–H and O–H groups in total. The third-order valence-corrected chi connectivity index (χ3v) is 3.56. The highest BCUT2D eigenvalue weighted by Crippen LogP contribution is 2.36. The number of anilines is 2. The molecule has 0 bridgehead atoms. The van der Waals surface area contributed by atoms with Crippen molar-refractivity contribution in [3.8, 4) is 11.1 Å². The zero-order chi connectivity index (χ0) is 16.6. The van der Waals surface area contributed by atoms with Crippen molar-refractivity contribution < 1.29 is 13.2 Å². The molecular formula is C17H14F3N3. The van der Waals surface area contributed by atoms with Gasteiger partial charge in [-0.1, -0.05) is 18.2 Å². The molecule has 1 heterocycles. The summed E-state index contributed by atoms with van der Waals surface area (Å²) in [4.78, 5) is 0. The number of para-hydroxylation sites is 1. The van der Waals surface area contributed by atoms with E-state index >= 15 is 0 Å². The molecule has 6 heteroatoms. The number of hydrogen-bond donors (Lipinski definition) is 1. The van der Waals surface area contributed by atoms with Gasteiger partial charge in [0.05, 0.1) is 22.5 Å². The Morgan fingerprint density at radius 3 is 2.13 bits per heavy atom. The number of hydrogen-bond acceptors (Lipinski definition) is 2. The van der Waals surface area contributed by atoms with Gasteiger partial charge in [-0.15, -0.1) is 0 Å². The zero-order valence-electron chi connectivity index (χ0n) is 12.6. The van der Waals surface area contributed by atoms with E-state index in [1.165, 1.54) is 28.9 Å². The first-order chi connectivity index (χ1) is 11.0. The monoisotopic (exact) mass is 317 g/mol. The van der Waals surface area contributed by atoms with Gasteiger partial charge in [0.15, 0.2) is 0 Å². The number of nitrogens with zero attached hydrogens (tertiary/aromatic N) is 2. The summed E-state index contributed by atoms with van der Waals surface area (Å²) in [5.74, 6) is -1.54. The van der Waals surface area contributed by atoms with E-state index in [0.717, 1.165) is 0 Å². The average Bonchev–Trinajstić information content (AvgIpc) is 2.76. The summed E-state index contributed by atoms with van der Waals surface area (Å²) in [5, 5.41) is 7.07. The Morgan fingerprint density at radius 2 is 1.48 bits per heavy atom. The van der Waals surface area contributed by atoms with Crippen LogP contribution in [0.25, 0.3) is 11.1 Å². The van der Waals surface area contributed by atoms with Crippen LogP contribution in [0.4, 0.5) is 24.7 Å². The highest BCUT2D eigenvalue weighted by atomic mass is 19.1. The van der Waals surface area contributed by atoms with Gasteiger partial charge in [0.25, 0.3) is 0 Å². The first-order valence-corrected chi connectivity index (χ1v) is 6.98. The molecule has 3 nitrogen and oxygen atoms in total. The lowest BCUT2D eigenvalue weighted by molar-refractivity contribution is 0.589. The molecule has 1 aromatic heterocycles. The maximum atomic E-state index is 14.1. The Hall–Kier alpha value is -2.76. The molecule has 0 amide bonds. The second kappa shape index (κ2) is 5.79. The summed E-state index contributed by atoms with van der Waals surface area (Å²) in [7, 11) is 1.62. The summed E-state index contributed by atoms with van der Waals surface area (Å²) < 4.78 is 43.6. The molecule has 3 rings (SSSR count). The van der Waals surface area contributed by atoms with Crippen molar-refractivity contribution in [3.05, 3.63) is 65.6 Å². The smallest absolute Gasteiger partial charge is 0.146 e. The summed E-state index contributed by atoms with van der Waals surface area (Å²) in [6.07, 6.45) is 0. The van der Waals surface area contributed by atoms with Crippen LogP contribution in [0, 0.1) is 24.4 Å². The van der Waals surface area contributed by atoms with Crippen molar-refractivity contribution in [1.82, 2.24) is 9.78 Å². The molecule has 0 radical (unpaired) electrons. The van der Waals surface area contributed by atoms with Gasteiger partial charge in [0, 0.05) is 7.05 Å². The van der Waals surface area contributed by atoms with E-state index < -0.39 is 17.5 Å². The van der Waals surface area contributed by atoms with Gasteiger partial charge in [0.1, 0.15) is 23.3 Å². The van der Waals surface area contributed by atoms with Gasteiger partial charge in [-0.05, 0) is 31.2 Å². The number of halogens is 3. The Balaban J connectivity index is 2.18. The highest BCUT2D eigenvalue weighted by molar-refractivity contribution is 5.81. The molecule has 3 aromatic rings. The van der Waals surface area contributed by atoms with E-state index in [9.17, 15) is 13.2 Å². The first-order valence-electron chi connectivity index (χ1n) is 6.98. The lowest BCUT2D eigenvalue weighted by Gasteiger charge is -2.12. The standard InChI is InChI=1S/C17H14F3N3/c1-10-15(16-12(19)7-5-8-13(16)20)17(23(2)22-10)21-14-9-4-3-6-11(14)18/h3-9,21H,1-2H3. The van der Waals surface area contributed by atoms with Gasteiger partial charge in [-0.3, -0.25) is 4.68 Å². The Bertz CT molecular complexity index is 851. The largest absolute Gasteiger partial charge is 0.338 e. The van der Waals surface area contributed by atoms with Crippen molar-refractivity contribution in [2.45, 2.75) is 6.92 Å². The molecular weight excluding hydrogens is 303 g/mol. The molecule has 0 aliphatic rings. The van der Waals surface area contributed by atoms with E-state index in [0.29, 0.717) is 11.5 Å². The van der Waals surface area contributed by atoms with E-state index in [2.05, 4.69) is 10.4 Å². The van der Waals surface area contributed by atoms with E-state index in [-0.39, 0.29) is 16.8 Å². The third-order valence-electron chi connectivity index (χ3n) is 3.56. The molecule has 0 aliphatic heterocycles. The quantitative estimate of drug-likeness (QED) is 0.767. The molecule has 0 unspecified atom stereocenters. The van der Waals surface area contributed by atoms with Crippen LogP contribution < -0.4 is 5.32 Å². The van der Waals surface area contributed by atoms with E-state index in [1.54, 1.807) is 32.2 Å². The molecule has 0 saturated heterocycles. The molecule has 0 fully saturated rings. The van der Waals surface area contributed by atoms with Crippen LogP contribution in [-0.2, 0) is 7.05 Å². The van der Waals surface area contributed by atoms with Crippen LogP contribution >= 0.6 is 0 Å². The van der Waals surface area contributed by atoms with Crippen molar-refractivity contribution in [3.63, 3.8) is 0 Å². The molecule has 0 saturated carbocycles. The van der Waals surface area contributed by atoms with Crippen molar-refractivity contribution in [2.24, 2.45) is 7.05 Å². The average molecular weight is 317 g/mol. The van der Waals surface area contributed by atoms with Crippen molar-refractivity contribution >= 4 is 11.5 Å². The van der Waals surface area contributed by atoms with E-state index in [4.69, 9.17) is 0 Å². The van der Waals surface area contributed by atoms with Gasteiger partial charge in [-0.25, -0.2) is 13.2 Å². The number of nitrogens with one attached hydrogen (secondary N) is 1. The van der Waals surface area contributed by atoms with E-state index in [1.807, 2.05) is 0 Å². The highest BCUT2D eigenvalue weighted by Gasteiger charge is 2.22. The fraction of sp³-hybridized carbons (Fsp3) is 0.118. The number of aromatic nitrogens is 2. The maximum Gasteiger partial charge on any atom is 0.146 e. The van der Waals surface area contributed by atoms with Gasteiger partial charge < -0.3 is 5.32 Å². The molecule has 23 heavy (non-hydrogen) atoms. The van der Waals surface area contributed by atoms with Crippen molar-refractivity contribution in [1.29, 1.82) is 0 Å². The normalized spacial score (nSPS) is 10.8. The molecule has 0 atom stereocenters. The fourth-order valence-corrected chi connectivity index (χ4v) is 2.53. The Labute approximate surface area is 131 Å². The molecule has 0 spiro atoms. The number of benzene rings is 2. The minimum absolute atomic E-state index is 0.183. The predicted octanol–water partition coefficient (Wildman–Crippen LogP) is 4.56. The second-order valence-corrected chi connectivity index (χ2v) is 5.13. The lowest BCUT2D eigenvalue weighted by Crippen LogP contribution is -2.02. The Morgan fingerprint density at radius 1 is 0.870 bits per heavy atom. The second-order valence-electron chi connectivity index (χ2n) is 5.13.